The fourth-order valence-electron chi connectivity index (χ4n) is 3.87. The van der Waals surface area contributed by atoms with Crippen LogP contribution in [-0.2, 0) is 44.0 Å². The minimum absolute atomic E-state index is 0.264. The maximum Gasteiger partial charge on any atom is 0.490 e. The molecule has 1 unspecified atom stereocenters. The fraction of sp³-hybridized carbons (Fsp3) is 0.560. The summed E-state index contributed by atoms with van der Waals surface area (Å²) in [5, 5.41) is 21.4. The molecule has 47 heavy (non-hydrogen) atoms. The van der Waals surface area contributed by atoms with Gasteiger partial charge in [-0.2, -0.15) is 39.5 Å². The molecule has 2 saturated heterocycles. The second-order valence-electron chi connectivity index (χ2n) is 9.77. The highest BCUT2D eigenvalue weighted by atomic mass is 19.4. The van der Waals surface area contributed by atoms with Gasteiger partial charge in [0.1, 0.15) is 5.60 Å². The second kappa shape index (κ2) is 17.8. The fourth-order valence-corrected chi connectivity index (χ4v) is 3.87. The molecule has 4 heterocycles. The molecular weight excluding hydrogens is 669 g/mol. The van der Waals surface area contributed by atoms with Crippen molar-refractivity contribution >= 4 is 17.9 Å². The van der Waals surface area contributed by atoms with E-state index in [1.807, 2.05) is 32.0 Å². The monoisotopic (exact) mass is 699 g/mol. The van der Waals surface area contributed by atoms with Crippen LogP contribution in [0.1, 0.15) is 11.3 Å². The van der Waals surface area contributed by atoms with Crippen molar-refractivity contribution in [2.24, 2.45) is 7.05 Å². The molecule has 4 rings (SSSR count). The van der Waals surface area contributed by atoms with Gasteiger partial charge in [-0.25, -0.2) is 19.4 Å². The van der Waals surface area contributed by atoms with E-state index in [0.29, 0.717) is 6.61 Å². The highest BCUT2D eigenvalue weighted by Gasteiger charge is 2.41. The van der Waals surface area contributed by atoms with Crippen molar-refractivity contribution in [3.8, 4) is 0 Å². The SMILES string of the molecule is Cn1cncc1CN1CCOC2(COCCN(Cc3ccncc3)C2)C1.O=C(O)C(F)(F)F.O=C(O)C(F)(F)F.O=C(O)C(F)(F)F. The van der Waals surface area contributed by atoms with Crippen LogP contribution in [0.2, 0.25) is 0 Å². The maximum atomic E-state index is 10.6. The molecule has 1 atom stereocenters. The van der Waals surface area contributed by atoms with Crippen LogP contribution in [0, 0.1) is 0 Å². The van der Waals surface area contributed by atoms with Crippen molar-refractivity contribution in [3.05, 3.63) is 48.3 Å². The van der Waals surface area contributed by atoms with Gasteiger partial charge in [0.2, 0.25) is 0 Å². The molecule has 13 nitrogen and oxygen atoms in total. The smallest absolute Gasteiger partial charge is 0.475 e. The predicted octanol–water partition coefficient (Wildman–Crippen LogP) is 2.82. The molecule has 3 N–H and O–H groups in total. The lowest BCUT2D eigenvalue weighted by atomic mass is 10.0. The number of morpholine rings is 1. The molecule has 266 valence electrons. The molecule has 0 aromatic carbocycles. The first kappa shape index (κ1) is 41.0. The molecule has 1 spiro atoms. The molecule has 2 aliphatic heterocycles. The summed E-state index contributed by atoms with van der Waals surface area (Å²) >= 11 is 0. The van der Waals surface area contributed by atoms with E-state index < -0.39 is 36.4 Å². The summed E-state index contributed by atoms with van der Waals surface area (Å²) in [6.45, 7) is 7.57. The third kappa shape index (κ3) is 15.9. The van der Waals surface area contributed by atoms with Crippen LogP contribution in [0.3, 0.4) is 0 Å². The highest BCUT2D eigenvalue weighted by molar-refractivity contribution is 5.73. The zero-order valence-electron chi connectivity index (χ0n) is 24.3. The van der Waals surface area contributed by atoms with E-state index in [2.05, 4.69) is 36.5 Å². The van der Waals surface area contributed by atoms with Crippen LogP contribution in [-0.4, -0.2) is 128 Å². The number of ether oxygens (including phenoxy) is 2. The molecule has 2 aromatic heterocycles. The maximum absolute atomic E-state index is 10.6. The number of carboxylic acid groups (broad SMARTS) is 3. The van der Waals surface area contributed by atoms with Gasteiger partial charge in [0.05, 0.1) is 31.8 Å². The Labute approximate surface area is 260 Å². The number of rotatable bonds is 4. The number of pyridine rings is 1. The van der Waals surface area contributed by atoms with Gasteiger partial charge in [0, 0.05) is 64.9 Å². The minimum Gasteiger partial charge on any atom is -0.475 e. The molecule has 0 saturated carbocycles. The lowest BCUT2D eigenvalue weighted by Gasteiger charge is -2.43. The zero-order valence-corrected chi connectivity index (χ0v) is 24.3. The Balaban J connectivity index is 0.000000430. The van der Waals surface area contributed by atoms with Crippen molar-refractivity contribution in [2.75, 3.05) is 46.0 Å². The Bertz CT molecular complexity index is 1220. The number of aryl methyl sites for hydroxylation is 1. The predicted molar refractivity (Wildman–Crippen MR) is 139 cm³/mol. The Morgan fingerprint density at radius 3 is 1.66 bits per heavy atom. The normalized spacial score (nSPS) is 19.1. The van der Waals surface area contributed by atoms with E-state index in [9.17, 15) is 39.5 Å². The number of hydrogen-bond acceptors (Lipinski definition) is 9. The van der Waals surface area contributed by atoms with E-state index in [0.717, 1.165) is 52.5 Å². The average Bonchev–Trinajstić information content (AvgIpc) is 3.25. The quantitative estimate of drug-likeness (QED) is 0.400. The number of carboxylic acids is 3. The van der Waals surface area contributed by atoms with Gasteiger partial charge < -0.3 is 29.4 Å². The molecule has 0 aliphatic carbocycles. The summed E-state index contributed by atoms with van der Waals surface area (Å²) < 4.78 is 110. The van der Waals surface area contributed by atoms with Crippen LogP contribution >= 0.6 is 0 Å². The Morgan fingerprint density at radius 2 is 1.23 bits per heavy atom. The van der Waals surface area contributed by atoms with Crippen LogP contribution < -0.4 is 0 Å². The number of aromatic nitrogens is 3. The Morgan fingerprint density at radius 1 is 0.787 bits per heavy atom. The third-order valence-electron chi connectivity index (χ3n) is 5.94. The summed E-state index contributed by atoms with van der Waals surface area (Å²) in [4.78, 5) is 39.9. The average molecular weight is 700 g/mol. The van der Waals surface area contributed by atoms with Gasteiger partial charge in [-0.1, -0.05) is 0 Å². The number of aliphatic carboxylic acids is 3. The molecule has 0 amide bonds. The van der Waals surface area contributed by atoms with Crippen molar-refractivity contribution in [3.63, 3.8) is 0 Å². The van der Waals surface area contributed by atoms with Crippen molar-refractivity contribution in [1.82, 2.24) is 24.3 Å². The third-order valence-corrected chi connectivity index (χ3v) is 5.94. The topological polar surface area (TPSA) is 168 Å². The zero-order chi connectivity index (χ0) is 36.1. The molecule has 0 bridgehead atoms. The van der Waals surface area contributed by atoms with Crippen LogP contribution in [0.4, 0.5) is 39.5 Å². The van der Waals surface area contributed by atoms with E-state index in [1.54, 1.807) is 0 Å². The van der Waals surface area contributed by atoms with Crippen molar-refractivity contribution in [1.29, 1.82) is 0 Å². The van der Waals surface area contributed by atoms with Gasteiger partial charge in [0.15, 0.2) is 0 Å². The van der Waals surface area contributed by atoms with Crippen LogP contribution in [0.5, 0.6) is 0 Å². The highest BCUT2D eigenvalue weighted by Crippen LogP contribution is 2.25. The summed E-state index contributed by atoms with van der Waals surface area (Å²) in [6, 6.07) is 4.16. The molecule has 2 aromatic rings. The lowest BCUT2D eigenvalue weighted by molar-refractivity contribution is -0.193. The van der Waals surface area contributed by atoms with E-state index in [-0.39, 0.29) is 5.60 Å². The summed E-state index contributed by atoms with van der Waals surface area (Å²) in [5.41, 5.74) is 2.24. The van der Waals surface area contributed by atoms with E-state index in [4.69, 9.17) is 39.2 Å². The molecular formula is C25H30F9N5O8. The molecule has 2 fully saturated rings. The Kier molecular flexibility index (Phi) is 15.5. The summed E-state index contributed by atoms with van der Waals surface area (Å²) in [6.07, 6.45) is -7.74. The standard InChI is InChI=1S/C19H27N5O2.3C2HF3O2/c1-22-16-21-10-18(22)12-24-7-9-26-19(14-24)13-23(6-8-25-15-19)11-17-2-4-20-5-3-17;3*3-2(4,5)1(6)7/h2-5,10,16H,6-9,11-15H2,1H3;3*(H,6,7). The molecule has 0 radical (unpaired) electrons. The van der Waals surface area contributed by atoms with Gasteiger partial charge in [0.25, 0.3) is 0 Å². The molecule has 2 aliphatic rings. The lowest BCUT2D eigenvalue weighted by Crippen LogP contribution is -2.58. The van der Waals surface area contributed by atoms with Crippen molar-refractivity contribution < 1.29 is 78.7 Å². The van der Waals surface area contributed by atoms with E-state index >= 15 is 0 Å². The summed E-state index contributed by atoms with van der Waals surface area (Å²) in [5.74, 6) is -8.27. The minimum atomic E-state index is -5.08. The number of nitrogens with zero attached hydrogens (tertiary/aromatic N) is 5. The van der Waals surface area contributed by atoms with Gasteiger partial charge >= 0.3 is 36.4 Å². The van der Waals surface area contributed by atoms with Crippen LogP contribution in [0.25, 0.3) is 0 Å². The van der Waals surface area contributed by atoms with Gasteiger partial charge in [-0.3, -0.25) is 14.8 Å². The van der Waals surface area contributed by atoms with Gasteiger partial charge in [-0.05, 0) is 17.7 Å². The summed E-state index contributed by atoms with van der Waals surface area (Å²) in [7, 11) is 2.05. The number of alkyl halides is 9. The number of imidazole rings is 1. The van der Waals surface area contributed by atoms with Crippen LogP contribution in [0.15, 0.2) is 37.1 Å². The first-order chi connectivity index (χ1) is 21.6. The first-order valence-electron chi connectivity index (χ1n) is 13.0. The second-order valence-corrected chi connectivity index (χ2v) is 9.77. The van der Waals surface area contributed by atoms with Gasteiger partial charge in [-0.15, -0.1) is 0 Å². The Hall–Kier alpha value is -4.02. The number of halogens is 9. The number of hydrogen-bond donors (Lipinski definition) is 3. The first-order valence-corrected chi connectivity index (χ1v) is 13.0. The van der Waals surface area contributed by atoms with E-state index in [1.165, 1.54) is 11.3 Å². The molecule has 22 heteroatoms. The largest absolute Gasteiger partial charge is 0.490 e. The van der Waals surface area contributed by atoms with Crippen molar-refractivity contribution in [2.45, 2.75) is 37.2 Å². The number of carbonyl (C=O) groups is 3.